The van der Waals surface area contributed by atoms with Crippen LogP contribution < -0.4 is 9.47 Å². The van der Waals surface area contributed by atoms with Crippen LogP contribution in [-0.4, -0.2) is 65.6 Å². The summed E-state index contributed by atoms with van der Waals surface area (Å²) in [6.45, 7) is 7.57. The first-order valence-electron chi connectivity index (χ1n) is 10.6. The number of hydrogen-bond donors (Lipinski definition) is 0. The van der Waals surface area contributed by atoms with Crippen LogP contribution in [0.3, 0.4) is 0 Å². The molecule has 2 aliphatic heterocycles. The van der Waals surface area contributed by atoms with Crippen LogP contribution in [0.4, 0.5) is 0 Å². The maximum atomic E-state index is 13.1. The van der Waals surface area contributed by atoms with Gasteiger partial charge < -0.3 is 18.9 Å². The van der Waals surface area contributed by atoms with Gasteiger partial charge in [-0.05, 0) is 44.9 Å². The summed E-state index contributed by atoms with van der Waals surface area (Å²) >= 11 is 0. The molecule has 30 heavy (non-hydrogen) atoms. The number of ketones is 1. The Bertz CT molecular complexity index is 1000. The number of carbonyl (C=O) groups is 2. The minimum absolute atomic E-state index is 0.122. The van der Waals surface area contributed by atoms with Crippen LogP contribution in [-0.2, 0) is 4.79 Å². The van der Waals surface area contributed by atoms with E-state index >= 15 is 0 Å². The lowest BCUT2D eigenvalue weighted by Crippen LogP contribution is -2.50. The van der Waals surface area contributed by atoms with Gasteiger partial charge in [0, 0.05) is 60.8 Å². The number of amides is 1. The Morgan fingerprint density at radius 1 is 1.00 bits per heavy atom. The van der Waals surface area contributed by atoms with E-state index in [-0.39, 0.29) is 18.5 Å². The van der Waals surface area contributed by atoms with E-state index in [0.29, 0.717) is 12.5 Å². The zero-order valence-corrected chi connectivity index (χ0v) is 17.5. The molecule has 7 nitrogen and oxygen atoms in total. The van der Waals surface area contributed by atoms with Gasteiger partial charge in [-0.15, -0.1) is 0 Å². The molecule has 0 atom stereocenters. The number of ether oxygens (including phenoxy) is 2. The van der Waals surface area contributed by atoms with Crippen LogP contribution in [0, 0.1) is 19.8 Å². The molecule has 158 valence electrons. The molecule has 0 unspecified atom stereocenters. The zero-order chi connectivity index (χ0) is 20.8. The number of piperazine rings is 1. The minimum atomic E-state index is 0.122. The van der Waals surface area contributed by atoms with Crippen molar-refractivity contribution in [3.05, 3.63) is 41.2 Å². The normalized spacial score (nSPS) is 18.7. The average molecular weight is 409 g/mol. The van der Waals surface area contributed by atoms with Crippen molar-refractivity contribution >= 4 is 11.7 Å². The van der Waals surface area contributed by atoms with Gasteiger partial charge >= 0.3 is 0 Å². The Morgan fingerprint density at radius 2 is 1.73 bits per heavy atom. The summed E-state index contributed by atoms with van der Waals surface area (Å²) in [6.07, 6.45) is 2.08. The van der Waals surface area contributed by atoms with E-state index in [1.807, 2.05) is 43.0 Å². The first kappa shape index (κ1) is 19.2. The Balaban J connectivity index is 1.27. The number of aromatic nitrogens is 1. The quantitative estimate of drug-likeness (QED) is 0.711. The number of Topliss-reactive ketones (excluding diaryl/α,β-unsaturated/α-hetero) is 1. The van der Waals surface area contributed by atoms with E-state index in [9.17, 15) is 9.59 Å². The van der Waals surface area contributed by atoms with Crippen LogP contribution in [0.1, 0.15) is 34.6 Å². The van der Waals surface area contributed by atoms with Gasteiger partial charge in [-0.1, -0.05) is 0 Å². The highest BCUT2D eigenvalue weighted by Gasteiger charge is 2.34. The standard InChI is InChI=1S/C23H27N3O4/c1-15-11-19(16(2)26(15)18-5-6-21-22(12-18)30-14-29-21)20(27)13-24-7-9-25(10-8-24)23(28)17-3-4-17/h5-6,11-12,17H,3-4,7-10,13-14H2,1-2H3. The number of carbonyl (C=O) groups excluding carboxylic acids is 2. The molecule has 1 amide bonds. The van der Waals surface area contributed by atoms with Crippen molar-refractivity contribution in [3.63, 3.8) is 0 Å². The molecule has 7 heteroatoms. The van der Waals surface area contributed by atoms with Gasteiger partial charge in [-0.25, -0.2) is 0 Å². The van der Waals surface area contributed by atoms with E-state index < -0.39 is 0 Å². The fourth-order valence-electron chi connectivity index (χ4n) is 4.47. The molecule has 0 spiro atoms. The molecule has 2 fully saturated rings. The third kappa shape index (κ3) is 3.47. The number of fused-ring (bicyclic) bond motifs is 1. The van der Waals surface area contributed by atoms with Crippen molar-refractivity contribution in [1.29, 1.82) is 0 Å². The van der Waals surface area contributed by atoms with Gasteiger partial charge in [-0.2, -0.15) is 0 Å². The predicted octanol–water partition coefficient (Wildman–Crippen LogP) is 2.56. The molecule has 5 rings (SSSR count). The molecule has 2 aromatic rings. The second-order valence-electron chi connectivity index (χ2n) is 8.46. The van der Waals surface area contributed by atoms with Crippen LogP contribution in [0.15, 0.2) is 24.3 Å². The summed E-state index contributed by atoms with van der Waals surface area (Å²) in [7, 11) is 0. The molecule has 1 saturated heterocycles. The van der Waals surface area contributed by atoms with Crippen molar-refractivity contribution in [3.8, 4) is 17.2 Å². The van der Waals surface area contributed by atoms with Gasteiger partial charge in [-0.3, -0.25) is 14.5 Å². The van der Waals surface area contributed by atoms with Crippen LogP contribution >= 0.6 is 0 Å². The summed E-state index contributed by atoms with van der Waals surface area (Å²) in [5, 5.41) is 0. The minimum Gasteiger partial charge on any atom is -0.454 e. The van der Waals surface area contributed by atoms with Gasteiger partial charge in [0.25, 0.3) is 0 Å². The molecule has 3 aliphatic rings. The molecule has 1 aromatic carbocycles. The lowest BCUT2D eigenvalue weighted by atomic mass is 10.1. The van der Waals surface area contributed by atoms with Gasteiger partial charge in [0.1, 0.15) is 0 Å². The van der Waals surface area contributed by atoms with Gasteiger partial charge in [0.2, 0.25) is 12.7 Å². The number of hydrogen-bond acceptors (Lipinski definition) is 5. The van der Waals surface area contributed by atoms with Gasteiger partial charge in [0.05, 0.1) is 6.54 Å². The SMILES string of the molecule is Cc1cc(C(=O)CN2CCN(C(=O)C3CC3)CC2)c(C)n1-c1ccc2c(c1)OCO2. The Morgan fingerprint density at radius 3 is 2.47 bits per heavy atom. The molecule has 1 aromatic heterocycles. The number of nitrogens with zero attached hydrogens (tertiary/aromatic N) is 3. The molecule has 0 bridgehead atoms. The third-order valence-corrected chi connectivity index (χ3v) is 6.32. The van der Waals surface area contributed by atoms with E-state index in [0.717, 1.165) is 73.2 Å². The Labute approximate surface area is 176 Å². The molecular weight excluding hydrogens is 382 g/mol. The van der Waals surface area contributed by atoms with Crippen molar-refractivity contribution < 1.29 is 19.1 Å². The Hall–Kier alpha value is -2.80. The van der Waals surface area contributed by atoms with Gasteiger partial charge in [0.15, 0.2) is 17.3 Å². The number of rotatable bonds is 5. The summed E-state index contributed by atoms with van der Waals surface area (Å²) in [6, 6.07) is 7.81. The highest BCUT2D eigenvalue weighted by atomic mass is 16.7. The lowest BCUT2D eigenvalue weighted by Gasteiger charge is -2.34. The average Bonchev–Trinajstić information content (AvgIpc) is 3.41. The number of aryl methyl sites for hydroxylation is 1. The summed E-state index contributed by atoms with van der Waals surface area (Å²) in [5.74, 6) is 2.16. The van der Waals surface area contributed by atoms with Crippen molar-refractivity contribution in [2.75, 3.05) is 39.5 Å². The number of benzene rings is 1. The first-order chi connectivity index (χ1) is 14.5. The highest BCUT2D eigenvalue weighted by molar-refractivity contribution is 5.99. The lowest BCUT2D eigenvalue weighted by molar-refractivity contribution is -0.134. The van der Waals surface area contributed by atoms with Crippen molar-refractivity contribution in [1.82, 2.24) is 14.4 Å². The highest BCUT2D eigenvalue weighted by Crippen LogP contribution is 2.35. The van der Waals surface area contributed by atoms with E-state index in [4.69, 9.17) is 9.47 Å². The fourth-order valence-corrected chi connectivity index (χ4v) is 4.47. The fraction of sp³-hybridized carbons (Fsp3) is 0.478. The molecule has 1 aliphatic carbocycles. The third-order valence-electron chi connectivity index (χ3n) is 6.32. The maximum absolute atomic E-state index is 13.1. The van der Waals surface area contributed by atoms with Crippen molar-refractivity contribution in [2.24, 2.45) is 5.92 Å². The zero-order valence-electron chi connectivity index (χ0n) is 17.5. The summed E-state index contributed by atoms with van der Waals surface area (Å²) in [5.41, 5.74) is 3.65. The van der Waals surface area contributed by atoms with E-state index in [2.05, 4.69) is 9.47 Å². The predicted molar refractivity (Wildman–Crippen MR) is 111 cm³/mol. The molecular formula is C23H27N3O4. The second-order valence-corrected chi connectivity index (χ2v) is 8.46. The monoisotopic (exact) mass is 409 g/mol. The second kappa shape index (κ2) is 7.47. The topological polar surface area (TPSA) is 64.0 Å². The molecule has 3 heterocycles. The largest absolute Gasteiger partial charge is 0.454 e. The smallest absolute Gasteiger partial charge is 0.231 e. The Kier molecular flexibility index (Phi) is 4.77. The summed E-state index contributed by atoms with van der Waals surface area (Å²) in [4.78, 5) is 29.4. The molecule has 0 N–H and O–H groups in total. The van der Waals surface area contributed by atoms with Crippen molar-refractivity contribution in [2.45, 2.75) is 26.7 Å². The van der Waals surface area contributed by atoms with E-state index in [1.165, 1.54) is 0 Å². The van der Waals surface area contributed by atoms with Crippen LogP contribution in [0.25, 0.3) is 5.69 Å². The van der Waals surface area contributed by atoms with Crippen LogP contribution in [0.5, 0.6) is 11.5 Å². The molecule has 0 radical (unpaired) electrons. The first-order valence-corrected chi connectivity index (χ1v) is 10.6. The van der Waals surface area contributed by atoms with E-state index in [1.54, 1.807) is 0 Å². The molecule has 1 saturated carbocycles. The summed E-state index contributed by atoms with van der Waals surface area (Å²) < 4.78 is 13.0. The maximum Gasteiger partial charge on any atom is 0.231 e. The van der Waals surface area contributed by atoms with Crippen LogP contribution in [0.2, 0.25) is 0 Å².